The summed E-state index contributed by atoms with van der Waals surface area (Å²) < 4.78 is 0. The molecule has 0 heterocycles. The molecule has 0 amide bonds. The van der Waals surface area contributed by atoms with Gasteiger partial charge in [0.25, 0.3) is 0 Å². The van der Waals surface area contributed by atoms with Gasteiger partial charge in [-0.2, -0.15) is 0 Å². The van der Waals surface area contributed by atoms with Gasteiger partial charge in [-0.25, -0.2) is 0 Å². The van der Waals surface area contributed by atoms with Gasteiger partial charge in [-0.1, -0.05) is 35.5 Å². The first-order valence-electron chi connectivity index (χ1n) is 3.17. The van der Waals surface area contributed by atoms with Gasteiger partial charge in [-0.3, -0.25) is 0 Å². The van der Waals surface area contributed by atoms with E-state index in [-0.39, 0.29) is 20.5 Å². The van der Waals surface area contributed by atoms with Gasteiger partial charge in [0.1, 0.15) is 0 Å². The second kappa shape index (κ2) is 5.40. The third kappa shape index (κ3) is 2.96. The van der Waals surface area contributed by atoms with Crippen molar-refractivity contribution in [2.75, 3.05) is 6.17 Å². The van der Waals surface area contributed by atoms with Crippen LogP contribution in [-0.2, 0) is 0 Å². The number of hydrogen-bond donors (Lipinski definition) is 1. The van der Waals surface area contributed by atoms with Crippen molar-refractivity contribution in [3.05, 3.63) is 30.3 Å². The zero-order valence-corrected chi connectivity index (χ0v) is 6.79. The Bertz CT molecular complexity index is 165. The average Bonchev–Trinajstić information content (AvgIpc) is 1.91. The fraction of sp³-hybridized carbons (Fsp3) is 0.143. The Labute approximate surface area is 68.5 Å². The Morgan fingerprint density at radius 2 is 1.80 bits per heavy atom. The van der Waals surface area contributed by atoms with Crippen LogP contribution >= 0.6 is 0 Å². The van der Waals surface area contributed by atoms with Crippen LogP contribution in [0.15, 0.2) is 30.3 Å². The van der Waals surface area contributed by atoms with Crippen molar-refractivity contribution in [1.29, 1.82) is 0 Å². The average molecular weight is 169 g/mol. The molecular formula is C7H15NSi2. The summed E-state index contributed by atoms with van der Waals surface area (Å²) in [6.07, 6.45) is 0.879. The summed E-state index contributed by atoms with van der Waals surface area (Å²) in [5.41, 5.74) is 5.42. The Hall–Kier alpha value is -0.386. The first kappa shape index (κ1) is 9.61. The molecular weight excluding hydrogens is 154 g/mol. The van der Waals surface area contributed by atoms with Gasteiger partial charge in [0.15, 0.2) is 0 Å². The van der Waals surface area contributed by atoms with Crippen LogP contribution in [0.2, 0.25) is 0 Å². The standard InChI is InChI=1S/C7H11NSi.H4Si/c8-6-9-7-4-2-1-3-5-7;/h1-5H,6,8-9H2;1H4. The molecule has 2 N–H and O–H groups in total. The number of benzene rings is 1. The highest BCUT2D eigenvalue weighted by Crippen LogP contribution is 1.79. The van der Waals surface area contributed by atoms with Gasteiger partial charge in [-0.05, 0) is 17.1 Å². The van der Waals surface area contributed by atoms with Crippen LogP contribution in [0.4, 0.5) is 0 Å². The number of rotatable bonds is 2. The number of hydrogen-bond acceptors (Lipinski definition) is 1. The Kier molecular flexibility index (Phi) is 5.19. The van der Waals surface area contributed by atoms with E-state index < -0.39 is 0 Å². The molecule has 0 aliphatic rings. The quantitative estimate of drug-likeness (QED) is 0.507. The summed E-state index contributed by atoms with van der Waals surface area (Å²) in [6, 6.07) is 10.5. The molecule has 1 rings (SSSR count). The van der Waals surface area contributed by atoms with Gasteiger partial charge in [-0.15, -0.1) is 0 Å². The normalized spacial score (nSPS) is 9.70. The Balaban J connectivity index is 0.000000810. The van der Waals surface area contributed by atoms with E-state index in [1.807, 2.05) is 6.07 Å². The van der Waals surface area contributed by atoms with E-state index in [4.69, 9.17) is 5.73 Å². The molecule has 3 heteroatoms. The maximum atomic E-state index is 5.42. The maximum Gasteiger partial charge on any atom is 0.0697 e. The van der Waals surface area contributed by atoms with E-state index in [9.17, 15) is 0 Å². The summed E-state index contributed by atoms with van der Waals surface area (Å²) >= 11 is 0. The molecule has 0 saturated heterocycles. The summed E-state index contributed by atoms with van der Waals surface area (Å²) in [4.78, 5) is 0. The monoisotopic (exact) mass is 169 g/mol. The molecule has 0 saturated carbocycles. The van der Waals surface area contributed by atoms with Gasteiger partial charge in [0.05, 0.1) is 9.52 Å². The lowest BCUT2D eigenvalue weighted by Crippen LogP contribution is -2.22. The Morgan fingerprint density at radius 3 is 2.30 bits per heavy atom. The highest BCUT2D eigenvalue weighted by molar-refractivity contribution is 6.53. The van der Waals surface area contributed by atoms with E-state index in [1.54, 1.807) is 0 Å². The highest BCUT2D eigenvalue weighted by Gasteiger charge is 1.85. The molecule has 0 radical (unpaired) electrons. The van der Waals surface area contributed by atoms with Gasteiger partial charge < -0.3 is 5.73 Å². The molecule has 0 unspecified atom stereocenters. The SMILES string of the molecule is NC[SiH2]c1ccccc1.[SiH4]. The third-order valence-electron chi connectivity index (χ3n) is 1.28. The maximum absolute atomic E-state index is 5.42. The van der Waals surface area contributed by atoms with Crippen LogP contribution in [0.3, 0.4) is 0 Å². The lowest BCUT2D eigenvalue weighted by molar-refractivity contribution is 1.37. The predicted molar refractivity (Wildman–Crippen MR) is 55.0 cm³/mol. The van der Waals surface area contributed by atoms with Crippen molar-refractivity contribution < 1.29 is 0 Å². The summed E-state index contributed by atoms with van der Waals surface area (Å²) in [6.45, 7) is 0. The predicted octanol–water partition coefficient (Wildman–Crippen LogP) is -2.05. The van der Waals surface area contributed by atoms with Gasteiger partial charge in [0, 0.05) is 0 Å². The molecule has 10 heavy (non-hydrogen) atoms. The van der Waals surface area contributed by atoms with E-state index in [0.29, 0.717) is 0 Å². The van der Waals surface area contributed by atoms with E-state index in [0.717, 1.165) is 6.17 Å². The molecule has 0 spiro atoms. The minimum atomic E-state index is -0.123. The zero-order valence-electron chi connectivity index (χ0n) is 5.38. The molecule has 0 fully saturated rings. The van der Waals surface area contributed by atoms with Crippen LogP contribution < -0.4 is 10.9 Å². The van der Waals surface area contributed by atoms with Crippen molar-refractivity contribution in [2.24, 2.45) is 5.73 Å². The van der Waals surface area contributed by atoms with Gasteiger partial charge >= 0.3 is 0 Å². The molecule has 0 aliphatic carbocycles. The first-order valence-corrected chi connectivity index (χ1v) is 4.88. The first-order chi connectivity index (χ1) is 4.43. The fourth-order valence-electron chi connectivity index (χ4n) is 0.811. The lowest BCUT2D eigenvalue weighted by atomic mass is 10.4. The molecule has 0 atom stereocenters. The number of nitrogens with two attached hydrogens (primary N) is 1. The lowest BCUT2D eigenvalue weighted by Gasteiger charge is -1.93. The molecule has 56 valence electrons. The van der Waals surface area contributed by atoms with Crippen molar-refractivity contribution in [3.8, 4) is 0 Å². The van der Waals surface area contributed by atoms with E-state index >= 15 is 0 Å². The third-order valence-corrected chi connectivity index (χ3v) is 2.61. The largest absolute Gasteiger partial charge is 0.333 e. The van der Waals surface area contributed by atoms with Gasteiger partial charge in [0.2, 0.25) is 0 Å². The van der Waals surface area contributed by atoms with E-state index in [1.165, 1.54) is 5.19 Å². The topological polar surface area (TPSA) is 26.0 Å². The van der Waals surface area contributed by atoms with Crippen LogP contribution in [-0.4, -0.2) is 26.7 Å². The highest BCUT2D eigenvalue weighted by atomic mass is 28.2. The second-order valence-corrected chi connectivity index (χ2v) is 3.92. The van der Waals surface area contributed by atoms with Crippen LogP contribution in [0.1, 0.15) is 0 Å². The van der Waals surface area contributed by atoms with Crippen molar-refractivity contribution in [2.45, 2.75) is 0 Å². The van der Waals surface area contributed by atoms with E-state index in [2.05, 4.69) is 24.3 Å². The summed E-state index contributed by atoms with van der Waals surface area (Å²) in [7, 11) is -0.123. The smallest absolute Gasteiger partial charge is 0.0697 e. The molecule has 0 bridgehead atoms. The fourth-order valence-corrected chi connectivity index (χ4v) is 1.75. The molecule has 0 aliphatic heterocycles. The van der Waals surface area contributed by atoms with Crippen molar-refractivity contribution in [3.63, 3.8) is 0 Å². The Morgan fingerprint density at radius 1 is 1.20 bits per heavy atom. The molecule has 1 nitrogen and oxygen atoms in total. The molecule has 1 aromatic carbocycles. The minimum absolute atomic E-state index is 0. The van der Waals surface area contributed by atoms with Crippen molar-refractivity contribution >= 4 is 25.7 Å². The van der Waals surface area contributed by atoms with Crippen LogP contribution in [0, 0.1) is 0 Å². The zero-order chi connectivity index (χ0) is 6.53. The minimum Gasteiger partial charge on any atom is -0.333 e. The summed E-state index contributed by atoms with van der Waals surface area (Å²) in [5, 5.41) is 1.46. The van der Waals surface area contributed by atoms with Crippen molar-refractivity contribution in [1.82, 2.24) is 0 Å². The second-order valence-electron chi connectivity index (χ2n) is 2.02. The molecule has 1 aromatic rings. The van der Waals surface area contributed by atoms with Crippen LogP contribution in [0.5, 0.6) is 0 Å². The molecule has 0 aromatic heterocycles. The van der Waals surface area contributed by atoms with Crippen LogP contribution in [0.25, 0.3) is 0 Å². The summed E-state index contributed by atoms with van der Waals surface area (Å²) in [5.74, 6) is 0.